The van der Waals surface area contributed by atoms with E-state index in [0.717, 1.165) is 42.5 Å². The van der Waals surface area contributed by atoms with Crippen LogP contribution in [0, 0.1) is 11.3 Å². The number of hydrogen-bond donors (Lipinski definition) is 2. The molecule has 1 aliphatic rings. The highest BCUT2D eigenvalue weighted by atomic mass is 16.5. The third-order valence-electron chi connectivity index (χ3n) is 7.25. The van der Waals surface area contributed by atoms with Crippen LogP contribution in [-0.4, -0.2) is 34.5 Å². The number of fused-ring (bicyclic) bond motifs is 2. The molecule has 0 saturated heterocycles. The minimum atomic E-state index is -1.16. The van der Waals surface area contributed by atoms with E-state index >= 15 is 0 Å². The lowest BCUT2D eigenvalue weighted by Crippen LogP contribution is -2.31. The number of carbonyl (C=O) groups is 3. The van der Waals surface area contributed by atoms with Crippen molar-refractivity contribution >= 4 is 34.4 Å². The van der Waals surface area contributed by atoms with Gasteiger partial charge in [0.05, 0.1) is 22.3 Å². The maximum absolute atomic E-state index is 13.4. The highest BCUT2D eigenvalue weighted by molar-refractivity contribution is 6.06. The minimum Gasteiger partial charge on any atom is -0.478 e. The van der Waals surface area contributed by atoms with E-state index in [2.05, 4.69) is 26.1 Å². The Hall–Kier alpha value is -3.74. The van der Waals surface area contributed by atoms with Gasteiger partial charge in [0.2, 0.25) is 0 Å². The highest BCUT2D eigenvalue weighted by Gasteiger charge is 2.34. The molecule has 0 fully saturated rings. The van der Waals surface area contributed by atoms with Crippen LogP contribution in [0.3, 0.4) is 0 Å². The summed E-state index contributed by atoms with van der Waals surface area (Å²) < 4.78 is 5.46. The molecule has 1 unspecified atom stereocenters. The van der Waals surface area contributed by atoms with Crippen molar-refractivity contribution in [2.45, 2.75) is 46.5 Å². The van der Waals surface area contributed by atoms with Crippen LogP contribution in [-0.2, 0) is 22.4 Å². The number of ether oxygens (including phenoxy) is 1. The summed E-state index contributed by atoms with van der Waals surface area (Å²) >= 11 is 0. The molecule has 0 spiro atoms. The summed E-state index contributed by atoms with van der Waals surface area (Å²) in [6.07, 6.45) is 3.57. The maximum Gasteiger partial charge on any atom is 0.339 e. The van der Waals surface area contributed by atoms with Gasteiger partial charge in [0.25, 0.3) is 5.91 Å². The number of carboxylic acids is 1. The van der Waals surface area contributed by atoms with E-state index in [0.29, 0.717) is 16.9 Å². The monoisotopic (exact) mass is 474 g/mol. The van der Waals surface area contributed by atoms with Gasteiger partial charge < -0.3 is 15.2 Å². The van der Waals surface area contributed by atoms with E-state index in [9.17, 15) is 19.5 Å². The van der Waals surface area contributed by atoms with Crippen LogP contribution in [0.2, 0.25) is 0 Å². The summed E-state index contributed by atoms with van der Waals surface area (Å²) in [6, 6.07) is 13.6. The third-order valence-corrected chi connectivity index (χ3v) is 7.25. The van der Waals surface area contributed by atoms with Gasteiger partial charge in [-0.15, -0.1) is 0 Å². The molecule has 0 bridgehead atoms. The zero-order valence-corrected chi connectivity index (χ0v) is 20.3. The first-order valence-corrected chi connectivity index (χ1v) is 11.9. The van der Waals surface area contributed by atoms with Crippen LogP contribution in [0.4, 0.5) is 5.69 Å². The second-order valence-electron chi connectivity index (χ2n) is 9.69. The Morgan fingerprint density at radius 3 is 2.57 bits per heavy atom. The van der Waals surface area contributed by atoms with Crippen molar-refractivity contribution in [2.75, 3.05) is 11.9 Å². The lowest BCUT2D eigenvalue weighted by molar-refractivity contribution is -0.119. The Bertz CT molecular complexity index is 1300. The van der Waals surface area contributed by atoms with Crippen LogP contribution in [0.5, 0.6) is 0 Å². The molecule has 1 heterocycles. The molecule has 35 heavy (non-hydrogen) atoms. The predicted octanol–water partition coefficient (Wildman–Crippen LogP) is 5.27. The summed E-state index contributed by atoms with van der Waals surface area (Å²) in [6.45, 7) is 6.18. The van der Waals surface area contributed by atoms with E-state index in [-0.39, 0.29) is 16.7 Å². The molecular formula is C28H30N2O5. The van der Waals surface area contributed by atoms with Gasteiger partial charge in [-0.3, -0.25) is 9.78 Å². The van der Waals surface area contributed by atoms with Crippen molar-refractivity contribution in [2.24, 2.45) is 11.3 Å². The Labute approximate surface area is 204 Å². The zero-order chi connectivity index (χ0) is 25.2. The Balaban J connectivity index is 1.60. The topological polar surface area (TPSA) is 106 Å². The fraction of sp³-hybridized carbons (Fsp3) is 0.357. The van der Waals surface area contributed by atoms with Gasteiger partial charge in [0.15, 0.2) is 6.61 Å². The van der Waals surface area contributed by atoms with Crippen molar-refractivity contribution in [3.8, 4) is 0 Å². The molecule has 182 valence electrons. The number of aromatic nitrogens is 1. The first-order valence-electron chi connectivity index (χ1n) is 11.9. The molecule has 1 aliphatic carbocycles. The van der Waals surface area contributed by atoms with Gasteiger partial charge in [-0.25, -0.2) is 9.59 Å². The molecule has 1 amide bonds. The number of carbonyl (C=O) groups excluding carboxylic acids is 2. The molecular weight excluding hydrogens is 444 g/mol. The van der Waals surface area contributed by atoms with E-state index in [1.165, 1.54) is 12.1 Å². The van der Waals surface area contributed by atoms with Crippen molar-refractivity contribution < 1.29 is 24.2 Å². The Morgan fingerprint density at radius 2 is 1.83 bits per heavy atom. The smallest absolute Gasteiger partial charge is 0.339 e. The number of hydrogen-bond acceptors (Lipinski definition) is 5. The molecule has 1 aromatic heterocycles. The first kappa shape index (κ1) is 24.4. The highest BCUT2D eigenvalue weighted by Crippen LogP contribution is 2.41. The number of aromatic carboxylic acids is 1. The van der Waals surface area contributed by atoms with E-state index < -0.39 is 24.5 Å². The number of rotatable bonds is 7. The molecule has 2 N–H and O–H groups in total. The lowest BCUT2D eigenvalue weighted by atomic mass is 9.68. The lowest BCUT2D eigenvalue weighted by Gasteiger charge is -2.37. The zero-order valence-electron chi connectivity index (χ0n) is 20.3. The molecule has 2 aromatic carbocycles. The van der Waals surface area contributed by atoms with E-state index in [1.807, 2.05) is 24.3 Å². The van der Waals surface area contributed by atoms with E-state index in [1.54, 1.807) is 12.1 Å². The average Bonchev–Trinajstić information content (AvgIpc) is 2.85. The van der Waals surface area contributed by atoms with Gasteiger partial charge in [0.1, 0.15) is 0 Å². The number of pyridine rings is 1. The number of amides is 1. The minimum absolute atomic E-state index is 0.0362. The van der Waals surface area contributed by atoms with Crippen LogP contribution in [0.1, 0.15) is 65.6 Å². The van der Waals surface area contributed by atoms with Crippen LogP contribution >= 0.6 is 0 Å². The number of anilines is 1. The molecule has 0 aliphatic heterocycles. The summed E-state index contributed by atoms with van der Waals surface area (Å²) in [5.41, 5.74) is 3.26. The molecule has 0 saturated carbocycles. The normalized spacial score (nSPS) is 15.3. The molecule has 3 aromatic rings. The second kappa shape index (κ2) is 9.86. The molecule has 0 radical (unpaired) electrons. The number of nitrogens with zero attached hydrogens (tertiary/aromatic N) is 1. The maximum atomic E-state index is 13.4. The summed E-state index contributed by atoms with van der Waals surface area (Å²) in [4.78, 5) is 42.1. The summed E-state index contributed by atoms with van der Waals surface area (Å²) in [5, 5.41) is 12.5. The molecule has 4 rings (SSSR count). The SMILES string of the molecule is CCC(C)(C)C1CCc2nc3ccccc3c(C(=O)OCC(=O)Nc3ccccc3C(=O)O)c2C1. The number of benzene rings is 2. The van der Waals surface area contributed by atoms with Gasteiger partial charge >= 0.3 is 11.9 Å². The van der Waals surface area contributed by atoms with Crippen LogP contribution < -0.4 is 5.32 Å². The van der Waals surface area contributed by atoms with E-state index in [4.69, 9.17) is 9.72 Å². The number of esters is 1. The molecule has 7 nitrogen and oxygen atoms in total. The van der Waals surface area contributed by atoms with Gasteiger partial charge in [-0.1, -0.05) is 57.5 Å². The molecule has 7 heteroatoms. The van der Waals surface area contributed by atoms with Gasteiger partial charge in [-0.05, 0) is 54.4 Å². The second-order valence-corrected chi connectivity index (χ2v) is 9.69. The largest absolute Gasteiger partial charge is 0.478 e. The first-order chi connectivity index (χ1) is 16.7. The van der Waals surface area contributed by atoms with Gasteiger partial charge in [-0.2, -0.15) is 0 Å². The summed E-state index contributed by atoms with van der Waals surface area (Å²) in [5.74, 6) is -1.93. The van der Waals surface area contributed by atoms with Crippen LogP contribution in [0.25, 0.3) is 10.9 Å². The quantitative estimate of drug-likeness (QED) is 0.452. The summed E-state index contributed by atoms with van der Waals surface area (Å²) in [7, 11) is 0. The fourth-order valence-corrected chi connectivity index (χ4v) is 4.75. The fourth-order valence-electron chi connectivity index (χ4n) is 4.75. The number of para-hydroxylation sites is 2. The Kier molecular flexibility index (Phi) is 6.87. The standard InChI is InChI=1S/C28H30N2O5/c1-4-28(2,3)17-13-14-23-20(15-17)25(18-9-5-7-11-21(18)29-23)27(34)35-16-24(31)30-22-12-8-6-10-19(22)26(32)33/h5-12,17H,4,13-16H2,1-3H3,(H,30,31)(H,32,33). The van der Waals surface area contributed by atoms with Crippen molar-refractivity contribution in [3.63, 3.8) is 0 Å². The van der Waals surface area contributed by atoms with Gasteiger partial charge in [0, 0.05) is 11.1 Å². The average molecular weight is 475 g/mol. The number of aryl methyl sites for hydroxylation is 1. The number of carboxylic acid groups (broad SMARTS) is 1. The molecule has 1 atom stereocenters. The van der Waals surface area contributed by atoms with Crippen molar-refractivity contribution in [1.82, 2.24) is 4.98 Å². The predicted molar refractivity (Wildman–Crippen MR) is 134 cm³/mol. The number of nitrogens with one attached hydrogen (secondary N) is 1. The third kappa shape index (κ3) is 5.04. The Morgan fingerprint density at radius 1 is 1.11 bits per heavy atom. The van der Waals surface area contributed by atoms with Crippen LogP contribution in [0.15, 0.2) is 48.5 Å². The van der Waals surface area contributed by atoms with Crippen molar-refractivity contribution in [3.05, 3.63) is 70.9 Å². The van der Waals surface area contributed by atoms with Crippen molar-refractivity contribution in [1.29, 1.82) is 0 Å².